The molecule has 2 aromatic carbocycles. The maximum atomic E-state index is 13.0. The van der Waals surface area contributed by atoms with Gasteiger partial charge in [0.2, 0.25) is 5.91 Å². The minimum Gasteiger partial charge on any atom is -0.345 e. The van der Waals surface area contributed by atoms with Crippen LogP contribution in [0.5, 0.6) is 0 Å². The number of hydrogen-bond acceptors (Lipinski definition) is 2. The first kappa shape index (κ1) is 21.3. The molecule has 1 atom stereocenters. The number of amides is 1. The molecular weight excluding hydrogens is 426 g/mol. The lowest BCUT2D eigenvalue weighted by atomic mass is 9.98. The summed E-state index contributed by atoms with van der Waals surface area (Å²) in [6.07, 6.45) is 0.329. The fourth-order valence-corrected chi connectivity index (χ4v) is 3.81. The molecule has 3 rings (SSSR count). The van der Waals surface area contributed by atoms with Crippen LogP contribution in [0.3, 0.4) is 0 Å². The molecule has 4 nitrogen and oxygen atoms in total. The van der Waals surface area contributed by atoms with E-state index >= 15 is 0 Å². The third-order valence-corrected chi connectivity index (χ3v) is 5.58. The van der Waals surface area contributed by atoms with Crippen molar-refractivity contribution in [3.8, 4) is 0 Å². The van der Waals surface area contributed by atoms with E-state index in [9.17, 15) is 4.79 Å². The molecule has 0 saturated carbocycles. The minimum atomic E-state index is -0.192. The zero-order chi connectivity index (χ0) is 21.0. The summed E-state index contributed by atoms with van der Waals surface area (Å²) in [5, 5.41) is 7.87. The molecule has 3 aromatic rings. The van der Waals surface area contributed by atoms with Gasteiger partial charge in [-0.05, 0) is 43.0 Å². The summed E-state index contributed by atoms with van der Waals surface area (Å²) in [5.74, 6) is 0.506. The Morgan fingerprint density at radius 1 is 1.03 bits per heavy atom. The molecule has 0 saturated heterocycles. The molecule has 29 heavy (non-hydrogen) atoms. The average Bonchev–Trinajstić information content (AvgIpc) is 2.94. The molecule has 1 N–H and O–H groups in total. The summed E-state index contributed by atoms with van der Waals surface area (Å²) in [4.78, 5) is 13.0. The first-order valence-electron chi connectivity index (χ1n) is 9.97. The van der Waals surface area contributed by atoms with Gasteiger partial charge in [-0.2, -0.15) is 5.10 Å². The molecule has 0 aliphatic carbocycles. The predicted octanol–water partition coefficient (Wildman–Crippen LogP) is 5.37. The summed E-state index contributed by atoms with van der Waals surface area (Å²) in [6, 6.07) is 18.0. The highest BCUT2D eigenvalue weighted by atomic mass is 79.9. The van der Waals surface area contributed by atoms with Gasteiger partial charge in [-0.3, -0.25) is 9.48 Å². The van der Waals surface area contributed by atoms with E-state index in [-0.39, 0.29) is 11.9 Å². The molecule has 152 valence electrons. The lowest BCUT2D eigenvalue weighted by molar-refractivity contribution is -0.121. The van der Waals surface area contributed by atoms with Gasteiger partial charge in [-0.1, -0.05) is 72.2 Å². The van der Waals surface area contributed by atoms with Crippen LogP contribution in [-0.2, 0) is 17.8 Å². The smallest absolute Gasteiger partial charge is 0.225 e. The number of hydrogen-bond donors (Lipinski definition) is 1. The van der Waals surface area contributed by atoms with Gasteiger partial charge < -0.3 is 5.32 Å². The van der Waals surface area contributed by atoms with Crippen LogP contribution in [0.1, 0.15) is 48.0 Å². The van der Waals surface area contributed by atoms with Crippen molar-refractivity contribution < 1.29 is 4.79 Å². The second-order valence-electron chi connectivity index (χ2n) is 7.86. The van der Waals surface area contributed by atoms with Gasteiger partial charge in [0.05, 0.1) is 18.2 Å². The second-order valence-corrected chi connectivity index (χ2v) is 8.78. The molecule has 1 aromatic heterocycles. The van der Waals surface area contributed by atoms with Crippen LogP contribution >= 0.6 is 15.9 Å². The largest absolute Gasteiger partial charge is 0.345 e. The lowest BCUT2D eigenvalue weighted by Crippen LogP contribution is -2.30. The van der Waals surface area contributed by atoms with Gasteiger partial charge >= 0.3 is 0 Å². The topological polar surface area (TPSA) is 46.9 Å². The van der Waals surface area contributed by atoms with Crippen LogP contribution in [0.4, 0.5) is 0 Å². The van der Waals surface area contributed by atoms with Crippen molar-refractivity contribution in [3.63, 3.8) is 0 Å². The van der Waals surface area contributed by atoms with Crippen LogP contribution in [-0.4, -0.2) is 15.7 Å². The highest BCUT2D eigenvalue weighted by Crippen LogP contribution is 2.24. The van der Waals surface area contributed by atoms with Crippen LogP contribution in [0.15, 0.2) is 59.1 Å². The van der Waals surface area contributed by atoms with E-state index in [0.29, 0.717) is 12.3 Å². The molecule has 1 unspecified atom stereocenters. The first-order chi connectivity index (χ1) is 13.8. The van der Waals surface area contributed by atoms with E-state index in [2.05, 4.69) is 40.2 Å². The van der Waals surface area contributed by atoms with Crippen LogP contribution < -0.4 is 5.32 Å². The number of rotatable bonds is 7. The van der Waals surface area contributed by atoms with Gasteiger partial charge in [0.1, 0.15) is 0 Å². The van der Waals surface area contributed by atoms with E-state index in [4.69, 9.17) is 0 Å². The maximum absolute atomic E-state index is 13.0. The highest BCUT2D eigenvalue weighted by Gasteiger charge is 2.20. The summed E-state index contributed by atoms with van der Waals surface area (Å²) >= 11 is 3.48. The quantitative estimate of drug-likeness (QED) is 0.522. The summed E-state index contributed by atoms with van der Waals surface area (Å²) in [5.41, 5.74) is 5.14. The number of aryl methyl sites for hydroxylation is 1. The number of carbonyl (C=O) groups excluding carboxylic acids is 1. The van der Waals surface area contributed by atoms with Crippen LogP contribution in [0.25, 0.3) is 0 Å². The Balaban J connectivity index is 1.82. The number of nitrogens with one attached hydrogen (secondary N) is 1. The van der Waals surface area contributed by atoms with E-state index < -0.39 is 0 Å². The molecular formula is C24H28BrN3O. The van der Waals surface area contributed by atoms with Gasteiger partial charge in [0.25, 0.3) is 0 Å². The van der Waals surface area contributed by atoms with E-state index in [0.717, 1.165) is 39.1 Å². The van der Waals surface area contributed by atoms with Gasteiger partial charge in [0, 0.05) is 22.3 Å². The summed E-state index contributed by atoms with van der Waals surface area (Å²) < 4.78 is 3.04. The Hall–Kier alpha value is -2.40. The van der Waals surface area contributed by atoms with E-state index in [1.807, 2.05) is 73.1 Å². The minimum absolute atomic E-state index is 0.00271. The number of halogens is 1. The van der Waals surface area contributed by atoms with Crippen molar-refractivity contribution in [3.05, 3.63) is 87.1 Å². The summed E-state index contributed by atoms with van der Waals surface area (Å²) in [6.45, 7) is 9.24. The van der Waals surface area contributed by atoms with Crippen LogP contribution in [0, 0.1) is 19.8 Å². The molecule has 5 heteroatoms. The van der Waals surface area contributed by atoms with Gasteiger partial charge in [-0.25, -0.2) is 0 Å². The standard InChI is InChI=1S/C24H28BrN3O/c1-16(2)15-28-18(4)22(17(3)27-28)14-23(29)26-24(19-8-6-5-7-9-19)20-10-12-21(25)13-11-20/h5-13,16,24H,14-15H2,1-4H3,(H,26,29). The van der Waals surface area contributed by atoms with E-state index in [1.54, 1.807) is 0 Å². The third-order valence-electron chi connectivity index (χ3n) is 5.05. The predicted molar refractivity (Wildman–Crippen MR) is 121 cm³/mol. The van der Waals surface area contributed by atoms with Crippen molar-refractivity contribution in [1.29, 1.82) is 0 Å². The highest BCUT2D eigenvalue weighted by molar-refractivity contribution is 9.10. The monoisotopic (exact) mass is 453 g/mol. The van der Waals surface area contributed by atoms with E-state index in [1.165, 1.54) is 0 Å². The normalized spacial score (nSPS) is 12.2. The number of carbonyl (C=O) groups is 1. The van der Waals surface area contributed by atoms with Gasteiger partial charge in [0.15, 0.2) is 0 Å². The number of nitrogens with zero attached hydrogens (tertiary/aromatic N) is 2. The zero-order valence-corrected chi connectivity index (χ0v) is 19.0. The Morgan fingerprint density at radius 2 is 1.66 bits per heavy atom. The molecule has 0 aliphatic rings. The fraction of sp³-hybridized carbons (Fsp3) is 0.333. The van der Waals surface area contributed by atoms with Gasteiger partial charge in [-0.15, -0.1) is 0 Å². The van der Waals surface area contributed by atoms with Crippen molar-refractivity contribution in [2.24, 2.45) is 5.92 Å². The maximum Gasteiger partial charge on any atom is 0.225 e. The Morgan fingerprint density at radius 3 is 2.28 bits per heavy atom. The molecule has 0 fully saturated rings. The molecule has 1 amide bonds. The van der Waals surface area contributed by atoms with Crippen molar-refractivity contribution >= 4 is 21.8 Å². The molecule has 1 heterocycles. The third kappa shape index (κ3) is 5.36. The zero-order valence-electron chi connectivity index (χ0n) is 17.4. The lowest BCUT2D eigenvalue weighted by Gasteiger charge is -2.20. The number of benzene rings is 2. The Bertz CT molecular complexity index is 962. The SMILES string of the molecule is Cc1nn(CC(C)C)c(C)c1CC(=O)NC(c1ccccc1)c1ccc(Br)cc1. The molecule has 0 bridgehead atoms. The Kier molecular flexibility index (Phi) is 6.91. The molecule has 0 aliphatic heterocycles. The van der Waals surface area contributed by atoms with Crippen LogP contribution in [0.2, 0.25) is 0 Å². The van der Waals surface area contributed by atoms with Crippen molar-refractivity contribution in [1.82, 2.24) is 15.1 Å². The first-order valence-corrected chi connectivity index (χ1v) is 10.8. The van der Waals surface area contributed by atoms with Crippen molar-refractivity contribution in [2.45, 2.75) is 46.7 Å². The van der Waals surface area contributed by atoms with Crippen molar-refractivity contribution in [2.75, 3.05) is 0 Å². The number of aromatic nitrogens is 2. The second kappa shape index (κ2) is 9.40. The fourth-order valence-electron chi connectivity index (χ4n) is 3.55. The summed E-state index contributed by atoms with van der Waals surface area (Å²) in [7, 11) is 0. The molecule has 0 spiro atoms. The average molecular weight is 454 g/mol. The Labute approximate surface area is 181 Å². The molecule has 0 radical (unpaired) electrons.